The van der Waals surface area contributed by atoms with Gasteiger partial charge in [0.15, 0.2) is 5.82 Å². The lowest BCUT2D eigenvalue weighted by Crippen LogP contribution is -2.55. The second-order valence-electron chi connectivity index (χ2n) is 10.4. The lowest BCUT2D eigenvalue weighted by atomic mass is 10.1. The number of aromatic nitrogens is 2. The van der Waals surface area contributed by atoms with Gasteiger partial charge < -0.3 is 10.2 Å². The van der Waals surface area contributed by atoms with E-state index < -0.39 is 11.7 Å². The van der Waals surface area contributed by atoms with Crippen molar-refractivity contribution in [3.63, 3.8) is 0 Å². The highest BCUT2D eigenvalue weighted by Gasteiger charge is 2.41. The minimum Gasteiger partial charge on any atom is -0.368 e. The molecule has 1 saturated heterocycles. The third-order valence-corrected chi connectivity index (χ3v) is 8.12. The Balaban J connectivity index is 1.28. The monoisotopic (exact) mass is 548 g/mol. The summed E-state index contributed by atoms with van der Waals surface area (Å²) >= 11 is 6.30. The van der Waals surface area contributed by atoms with Gasteiger partial charge in [-0.2, -0.15) is 4.98 Å². The molecule has 0 spiro atoms. The number of halogens is 2. The number of para-hydroxylation sites is 1. The Morgan fingerprint density at radius 2 is 1.90 bits per heavy atom. The molecular formula is C28H30ClFN8O. The van der Waals surface area contributed by atoms with Crippen LogP contribution in [0.5, 0.6) is 0 Å². The molecule has 39 heavy (non-hydrogen) atoms. The molecule has 3 aliphatic heterocycles. The predicted octanol–water partition coefficient (Wildman–Crippen LogP) is 4.69. The van der Waals surface area contributed by atoms with E-state index in [1.54, 1.807) is 11.0 Å². The van der Waals surface area contributed by atoms with Crippen molar-refractivity contribution in [1.82, 2.24) is 14.9 Å². The van der Waals surface area contributed by atoms with E-state index >= 15 is 0 Å². The lowest BCUT2D eigenvalue weighted by molar-refractivity contribution is 0.0999. The molecular weight excluding hydrogens is 519 g/mol. The van der Waals surface area contributed by atoms with Crippen molar-refractivity contribution in [3.05, 3.63) is 64.6 Å². The van der Waals surface area contributed by atoms with Crippen LogP contribution in [0.3, 0.4) is 0 Å². The Labute approximate surface area is 231 Å². The molecule has 202 valence electrons. The fourth-order valence-electron chi connectivity index (χ4n) is 5.45. The number of likely N-dealkylation sites (N-methyl/N-ethyl adjacent to an activating group) is 1. The number of guanidine groups is 1. The normalized spacial score (nSPS) is 21.1. The number of carbonyl (C=O) groups excluding carboxylic acids is 1. The minimum absolute atomic E-state index is 0.0254. The molecule has 0 unspecified atom stereocenters. The highest BCUT2D eigenvalue weighted by Crippen LogP contribution is 2.37. The van der Waals surface area contributed by atoms with Crippen molar-refractivity contribution in [3.8, 4) is 0 Å². The summed E-state index contributed by atoms with van der Waals surface area (Å²) < 4.78 is 14.8. The quantitative estimate of drug-likeness (QED) is 0.507. The van der Waals surface area contributed by atoms with Crippen LogP contribution >= 0.6 is 11.6 Å². The molecule has 11 heteroatoms. The largest absolute Gasteiger partial charge is 0.368 e. The molecule has 3 aromatic rings. The van der Waals surface area contributed by atoms with Crippen molar-refractivity contribution in [2.45, 2.75) is 32.9 Å². The van der Waals surface area contributed by atoms with E-state index in [1.807, 2.05) is 6.07 Å². The van der Waals surface area contributed by atoms with E-state index in [4.69, 9.17) is 11.6 Å². The SMILES string of the molecule is Cc1cc(N2C[C@H](C)N(C)[C@@H](C)C2)ccc1Nc1ncc2c(n1)N1CCN=C1N(c1c(F)cccc1Cl)C2=O. The fraction of sp³-hybridized carbons (Fsp3) is 0.357. The molecule has 1 amide bonds. The van der Waals surface area contributed by atoms with Crippen LogP contribution in [-0.4, -0.2) is 72.0 Å². The Hall–Kier alpha value is -3.76. The first-order valence-corrected chi connectivity index (χ1v) is 13.4. The van der Waals surface area contributed by atoms with Crippen LogP contribution in [0, 0.1) is 12.7 Å². The average molecular weight is 549 g/mol. The van der Waals surface area contributed by atoms with Crippen molar-refractivity contribution >= 4 is 52.3 Å². The number of aliphatic imine (C=N–C) groups is 1. The molecule has 3 aliphatic rings. The number of hydrogen-bond donors (Lipinski definition) is 1. The maximum atomic E-state index is 14.8. The highest BCUT2D eigenvalue weighted by molar-refractivity contribution is 6.38. The van der Waals surface area contributed by atoms with Crippen LogP contribution in [0.25, 0.3) is 0 Å². The summed E-state index contributed by atoms with van der Waals surface area (Å²) in [6, 6.07) is 11.6. The van der Waals surface area contributed by atoms with E-state index in [0.29, 0.717) is 42.9 Å². The van der Waals surface area contributed by atoms with Crippen LogP contribution in [-0.2, 0) is 0 Å². The number of hydrogen-bond acceptors (Lipinski definition) is 8. The van der Waals surface area contributed by atoms with Crippen LogP contribution in [0.1, 0.15) is 29.8 Å². The van der Waals surface area contributed by atoms with E-state index in [0.717, 1.165) is 24.3 Å². The van der Waals surface area contributed by atoms with Gasteiger partial charge in [0, 0.05) is 49.3 Å². The van der Waals surface area contributed by atoms with Gasteiger partial charge in [-0.15, -0.1) is 0 Å². The molecule has 0 bridgehead atoms. The summed E-state index contributed by atoms with van der Waals surface area (Å²) in [5, 5.41) is 3.44. The van der Waals surface area contributed by atoms with Gasteiger partial charge in [-0.3, -0.25) is 19.6 Å². The van der Waals surface area contributed by atoms with E-state index in [9.17, 15) is 9.18 Å². The number of fused-ring (bicyclic) bond motifs is 3. The number of nitrogens with zero attached hydrogens (tertiary/aromatic N) is 7. The number of amides is 1. The van der Waals surface area contributed by atoms with E-state index in [-0.39, 0.29) is 16.3 Å². The molecule has 0 aliphatic carbocycles. The maximum Gasteiger partial charge on any atom is 0.270 e. The first kappa shape index (κ1) is 25.5. The molecule has 1 aromatic heterocycles. The number of anilines is 5. The number of carbonyl (C=O) groups is 1. The Morgan fingerprint density at radius 1 is 1.13 bits per heavy atom. The van der Waals surface area contributed by atoms with E-state index in [1.165, 1.54) is 28.9 Å². The summed E-state index contributed by atoms with van der Waals surface area (Å²) in [5.74, 6) is 0.0272. The summed E-state index contributed by atoms with van der Waals surface area (Å²) in [6.45, 7) is 9.46. The third kappa shape index (κ3) is 4.37. The second kappa shape index (κ2) is 9.77. The molecule has 6 rings (SSSR count). The summed E-state index contributed by atoms with van der Waals surface area (Å²) in [7, 11) is 2.18. The second-order valence-corrected chi connectivity index (χ2v) is 10.8. The first-order chi connectivity index (χ1) is 18.7. The number of benzene rings is 2. The van der Waals surface area contributed by atoms with Crippen molar-refractivity contribution in [2.75, 3.05) is 53.2 Å². The Morgan fingerprint density at radius 3 is 2.62 bits per heavy atom. The smallest absolute Gasteiger partial charge is 0.270 e. The minimum atomic E-state index is -0.604. The van der Waals surface area contributed by atoms with Gasteiger partial charge in [0.2, 0.25) is 11.9 Å². The summed E-state index contributed by atoms with van der Waals surface area (Å²) in [5.41, 5.74) is 3.36. The lowest BCUT2D eigenvalue weighted by Gasteiger charge is -2.43. The fourth-order valence-corrected chi connectivity index (χ4v) is 5.70. The van der Waals surface area contributed by atoms with Crippen LogP contribution in [0.2, 0.25) is 5.02 Å². The number of piperazine rings is 1. The van der Waals surface area contributed by atoms with Gasteiger partial charge in [-0.25, -0.2) is 14.3 Å². The van der Waals surface area contributed by atoms with Crippen LogP contribution in [0.4, 0.5) is 33.2 Å². The van der Waals surface area contributed by atoms with Crippen LogP contribution < -0.4 is 20.0 Å². The molecule has 1 N–H and O–H groups in total. The zero-order valence-corrected chi connectivity index (χ0v) is 23.1. The van der Waals surface area contributed by atoms with Gasteiger partial charge in [0.25, 0.3) is 5.91 Å². The van der Waals surface area contributed by atoms with Gasteiger partial charge in [-0.05, 0) is 63.7 Å². The number of rotatable bonds is 4. The van der Waals surface area contributed by atoms with Gasteiger partial charge in [-0.1, -0.05) is 17.7 Å². The highest BCUT2D eigenvalue weighted by atomic mass is 35.5. The summed E-state index contributed by atoms with van der Waals surface area (Å²) in [6.07, 6.45) is 1.47. The Bertz CT molecular complexity index is 1460. The van der Waals surface area contributed by atoms with Crippen molar-refractivity contribution in [1.29, 1.82) is 0 Å². The molecule has 0 radical (unpaired) electrons. The van der Waals surface area contributed by atoms with Crippen LogP contribution in [0.15, 0.2) is 47.6 Å². The molecule has 4 heterocycles. The molecule has 2 aromatic carbocycles. The average Bonchev–Trinajstić information content (AvgIpc) is 3.39. The zero-order chi connectivity index (χ0) is 27.4. The van der Waals surface area contributed by atoms with Gasteiger partial charge >= 0.3 is 0 Å². The molecule has 0 saturated carbocycles. The standard InChI is InChI=1S/C28H30ClFN8O/c1-16-12-19(36-14-17(2)35(4)18(3)15-36)8-9-23(16)33-27-32-13-20-25(34-27)37-11-10-31-28(37)38(26(20)39)24-21(29)6-5-7-22(24)30/h5-9,12-13,17-18H,10-11,14-15H2,1-4H3,(H,32,33,34)/t17-,18-/m0/s1. The molecule has 1 fully saturated rings. The van der Waals surface area contributed by atoms with Crippen molar-refractivity contribution < 1.29 is 9.18 Å². The van der Waals surface area contributed by atoms with Gasteiger partial charge in [0.05, 0.1) is 11.6 Å². The summed E-state index contributed by atoms with van der Waals surface area (Å²) in [4.78, 5) is 35.0. The predicted molar refractivity (Wildman–Crippen MR) is 153 cm³/mol. The number of aryl methyl sites for hydroxylation is 1. The van der Waals surface area contributed by atoms with Gasteiger partial charge in [0.1, 0.15) is 17.1 Å². The third-order valence-electron chi connectivity index (χ3n) is 7.82. The molecule has 2 atom stereocenters. The topological polar surface area (TPSA) is 80.2 Å². The zero-order valence-electron chi connectivity index (χ0n) is 22.3. The maximum absolute atomic E-state index is 14.8. The molecule has 9 nitrogen and oxygen atoms in total. The number of nitrogens with one attached hydrogen (secondary N) is 1. The van der Waals surface area contributed by atoms with Crippen molar-refractivity contribution in [2.24, 2.45) is 4.99 Å². The van der Waals surface area contributed by atoms with E-state index in [2.05, 4.69) is 70.0 Å². The first-order valence-electron chi connectivity index (χ1n) is 13.0. The Kier molecular flexibility index (Phi) is 6.39.